The summed E-state index contributed by atoms with van der Waals surface area (Å²) in [6.07, 6.45) is 0.0690. The third-order valence-corrected chi connectivity index (χ3v) is 6.08. The van der Waals surface area contributed by atoms with E-state index >= 15 is 0 Å². The number of imidazole rings is 1. The zero-order valence-corrected chi connectivity index (χ0v) is 15.7. The van der Waals surface area contributed by atoms with Crippen molar-refractivity contribution in [2.75, 3.05) is 24.6 Å². The van der Waals surface area contributed by atoms with E-state index in [9.17, 15) is 5.26 Å². The summed E-state index contributed by atoms with van der Waals surface area (Å²) in [5, 5.41) is 11.8. The highest BCUT2D eigenvalue weighted by molar-refractivity contribution is 7.10. The van der Waals surface area contributed by atoms with Gasteiger partial charge < -0.3 is 9.64 Å². The molecule has 0 amide bonds. The standard InChI is InChI=1S/C21H18N4OS/c1-14-11-20(24-8-9-26-18(13-24)19-7-4-10-27-19)25-17-6-3-2-5-16(17)23-21(25)15(14)12-22/h2-7,10-11,18H,8-9,13H2,1H3. The van der Waals surface area contributed by atoms with E-state index in [0.717, 1.165) is 41.2 Å². The lowest BCUT2D eigenvalue weighted by molar-refractivity contribution is 0.0418. The maximum Gasteiger partial charge on any atom is 0.157 e. The molecular weight excluding hydrogens is 356 g/mol. The number of pyridine rings is 1. The Kier molecular flexibility index (Phi) is 3.85. The number of hydrogen-bond acceptors (Lipinski definition) is 5. The predicted octanol–water partition coefficient (Wildman–Crippen LogP) is 4.31. The minimum Gasteiger partial charge on any atom is -0.369 e. The molecule has 0 radical (unpaired) electrons. The number of hydrogen-bond donors (Lipinski definition) is 0. The molecule has 0 saturated carbocycles. The van der Waals surface area contributed by atoms with E-state index < -0.39 is 0 Å². The molecule has 1 unspecified atom stereocenters. The first kappa shape index (κ1) is 16.3. The van der Waals surface area contributed by atoms with Crippen LogP contribution in [0.4, 0.5) is 5.82 Å². The molecule has 27 heavy (non-hydrogen) atoms. The Morgan fingerprint density at radius 1 is 1.26 bits per heavy atom. The topological polar surface area (TPSA) is 53.6 Å². The zero-order valence-electron chi connectivity index (χ0n) is 14.9. The van der Waals surface area contributed by atoms with Gasteiger partial charge in [-0.25, -0.2) is 4.98 Å². The summed E-state index contributed by atoms with van der Waals surface area (Å²) in [6.45, 7) is 4.26. The molecule has 6 heteroatoms. The number of aryl methyl sites for hydroxylation is 1. The Bertz CT molecular complexity index is 1170. The van der Waals surface area contributed by atoms with Gasteiger partial charge in [0.25, 0.3) is 0 Å². The number of nitriles is 1. The van der Waals surface area contributed by atoms with Gasteiger partial charge in [0, 0.05) is 11.4 Å². The van der Waals surface area contributed by atoms with Crippen molar-refractivity contribution in [1.29, 1.82) is 5.26 Å². The predicted molar refractivity (Wildman–Crippen MR) is 107 cm³/mol. The van der Waals surface area contributed by atoms with E-state index in [1.807, 2.05) is 25.1 Å². The Labute approximate surface area is 161 Å². The Morgan fingerprint density at radius 3 is 2.96 bits per heavy atom. The third kappa shape index (κ3) is 2.59. The summed E-state index contributed by atoms with van der Waals surface area (Å²) in [5.41, 5.74) is 4.25. The van der Waals surface area contributed by atoms with Crippen molar-refractivity contribution < 1.29 is 4.74 Å². The molecule has 0 spiro atoms. The van der Waals surface area contributed by atoms with Crippen molar-refractivity contribution in [3.05, 3.63) is 63.8 Å². The smallest absolute Gasteiger partial charge is 0.157 e. The molecule has 5 rings (SSSR count). The fourth-order valence-electron chi connectivity index (χ4n) is 3.81. The average molecular weight is 374 g/mol. The molecule has 1 aromatic carbocycles. The second-order valence-electron chi connectivity index (χ2n) is 6.75. The number of rotatable bonds is 2. The van der Waals surface area contributed by atoms with Crippen molar-refractivity contribution in [2.45, 2.75) is 13.0 Å². The minimum absolute atomic E-state index is 0.0690. The van der Waals surface area contributed by atoms with Gasteiger partial charge in [-0.3, -0.25) is 4.40 Å². The lowest BCUT2D eigenvalue weighted by Crippen LogP contribution is -2.39. The van der Waals surface area contributed by atoms with Crippen molar-refractivity contribution >= 4 is 33.8 Å². The maximum atomic E-state index is 9.67. The quantitative estimate of drug-likeness (QED) is 0.525. The van der Waals surface area contributed by atoms with Crippen LogP contribution in [0.15, 0.2) is 47.8 Å². The van der Waals surface area contributed by atoms with Gasteiger partial charge in [-0.2, -0.15) is 5.26 Å². The molecule has 4 aromatic rings. The summed E-state index contributed by atoms with van der Waals surface area (Å²) in [5.74, 6) is 1.07. The van der Waals surface area contributed by atoms with Crippen molar-refractivity contribution in [2.24, 2.45) is 0 Å². The van der Waals surface area contributed by atoms with Gasteiger partial charge in [-0.05, 0) is 42.1 Å². The Hall–Kier alpha value is -2.88. The van der Waals surface area contributed by atoms with Gasteiger partial charge in [-0.15, -0.1) is 11.3 Å². The monoisotopic (exact) mass is 374 g/mol. The van der Waals surface area contributed by atoms with E-state index in [-0.39, 0.29) is 6.10 Å². The molecule has 1 aliphatic rings. The number of morpholine rings is 1. The van der Waals surface area contributed by atoms with E-state index in [4.69, 9.17) is 9.72 Å². The maximum absolute atomic E-state index is 9.67. The molecule has 0 aliphatic carbocycles. The first-order valence-corrected chi connectivity index (χ1v) is 9.85. The highest BCUT2D eigenvalue weighted by atomic mass is 32.1. The van der Waals surface area contributed by atoms with Gasteiger partial charge in [-0.1, -0.05) is 18.2 Å². The third-order valence-electron chi connectivity index (χ3n) is 5.12. The molecule has 0 bridgehead atoms. The second kappa shape index (κ2) is 6.38. The van der Waals surface area contributed by atoms with E-state index in [2.05, 4.69) is 45.0 Å². The lowest BCUT2D eigenvalue weighted by Gasteiger charge is -2.34. The van der Waals surface area contributed by atoms with Crippen LogP contribution in [0.5, 0.6) is 0 Å². The first-order chi connectivity index (χ1) is 13.3. The van der Waals surface area contributed by atoms with Crippen LogP contribution in [0.25, 0.3) is 16.7 Å². The SMILES string of the molecule is Cc1cc(N2CCOC(c3cccs3)C2)n2c(nc3ccccc32)c1C#N. The highest BCUT2D eigenvalue weighted by Crippen LogP contribution is 2.32. The fraction of sp³-hybridized carbons (Fsp3) is 0.238. The molecule has 134 valence electrons. The zero-order chi connectivity index (χ0) is 18.4. The van der Waals surface area contributed by atoms with Gasteiger partial charge in [0.2, 0.25) is 0 Å². The van der Waals surface area contributed by atoms with Crippen LogP contribution in [-0.2, 0) is 4.74 Å². The molecule has 5 nitrogen and oxygen atoms in total. The summed E-state index contributed by atoms with van der Waals surface area (Å²) >= 11 is 1.73. The van der Waals surface area contributed by atoms with E-state index in [1.165, 1.54) is 4.88 Å². The molecular formula is C21H18N4OS. The molecule has 3 aromatic heterocycles. The number of ether oxygens (including phenoxy) is 1. The average Bonchev–Trinajstić information content (AvgIpc) is 3.35. The summed E-state index contributed by atoms with van der Waals surface area (Å²) in [7, 11) is 0. The fourth-order valence-corrected chi connectivity index (χ4v) is 4.57. The van der Waals surface area contributed by atoms with E-state index in [1.54, 1.807) is 11.3 Å². The van der Waals surface area contributed by atoms with Crippen LogP contribution in [0, 0.1) is 18.3 Å². The van der Waals surface area contributed by atoms with Crippen LogP contribution in [0.3, 0.4) is 0 Å². The summed E-state index contributed by atoms with van der Waals surface area (Å²) in [6, 6.07) is 16.7. The van der Waals surface area contributed by atoms with Crippen LogP contribution in [-0.4, -0.2) is 29.1 Å². The van der Waals surface area contributed by atoms with Crippen LogP contribution < -0.4 is 4.90 Å². The van der Waals surface area contributed by atoms with Crippen molar-refractivity contribution in [3.8, 4) is 6.07 Å². The molecule has 4 heterocycles. The van der Waals surface area contributed by atoms with Crippen LogP contribution in [0.1, 0.15) is 22.1 Å². The van der Waals surface area contributed by atoms with Crippen molar-refractivity contribution in [1.82, 2.24) is 9.38 Å². The van der Waals surface area contributed by atoms with Gasteiger partial charge >= 0.3 is 0 Å². The Balaban J connectivity index is 1.70. The van der Waals surface area contributed by atoms with Gasteiger partial charge in [0.1, 0.15) is 18.0 Å². The number of anilines is 1. The molecule has 1 aliphatic heterocycles. The number of benzene rings is 1. The molecule has 1 atom stereocenters. The summed E-state index contributed by atoms with van der Waals surface area (Å²) < 4.78 is 8.14. The van der Waals surface area contributed by atoms with E-state index in [0.29, 0.717) is 12.2 Å². The Morgan fingerprint density at radius 2 is 2.15 bits per heavy atom. The molecule has 1 fully saturated rings. The van der Waals surface area contributed by atoms with Crippen molar-refractivity contribution in [3.63, 3.8) is 0 Å². The molecule has 1 saturated heterocycles. The van der Waals surface area contributed by atoms with Crippen LogP contribution in [0.2, 0.25) is 0 Å². The molecule has 0 N–H and O–H groups in total. The number of aromatic nitrogens is 2. The summed E-state index contributed by atoms with van der Waals surface area (Å²) in [4.78, 5) is 8.35. The van der Waals surface area contributed by atoms with Gasteiger partial charge in [0.05, 0.1) is 29.7 Å². The first-order valence-electron chi connectivity index (χ1n) is 8.97. The van der Waals surface area contributed by atoms with Gasteiger partial charge in [0.15, 0.2) is 5.65 Å². The minimum atomic E-state index is 0.0690. The largest absolute Gasteiger partial charge is 0.369 e. The highest BCUT2D eigenvalue weighted by Gasteiger charge is 2.26. The number of nitrogens with zero attached hydrogens (tertiary/aromatic N) is 4. The number of para-hydroxylation sites is 2. The van der Waals surface area contributed by atoms with Crippen LogP contribution >= 0.6 is 11.3 Å². The number of fused-ring (bicyclic) bond motifs is 3. The second-order valence-corrected chi connectivity index (χ2v) is 7.73. The number of thiophene rings is 1. The normalized spacial score (nSPS) is 17.5. The lowest BCUT2D eigenvalue weighted by atomic mass is 10.1.